The molecule has 1 rings (SSSR count). The lowest BCUT2D eigenvalue weighted by molar-refractivity contribution is -0.388. The lowest BCUT2D eigenvalue weighted by Crippen LogP contribution is -2.09. The van der Waals surface area contributed by atoms with Crippen molar-refractivity contribution in [2.24, 2.45) is 0 Å². The fourth-order valence-corrected chi connectivity index (χ4v) is 1.42. The Bertz CT molecular complexity index is 538. The van der Waals surface area contributed by atoms with Gasteiger partial charge in [-0.2, -0.15) is 9.65 Å². The monoisotopic (exact) mass is 244 g/mol. The molecular weight excluding hydrogens is 237 g/mol. The van der Waals surface area contributed by atoms with Crippen molar-refractivity contribution >= 4 is 5.69 Å². The molecule has 1 aromatic carbocycles. The molecule has 90 valence electrons. The van der Waals surface area contributed by atoms with Gasteiger partial charge in [-0.25, -0.2) is 8.78 Å². The third-order valence-corrected chi connectivity index (χ3v) is 2.36. The Balaban J connectivity index is 3.79. The van der Waals surface area contributed by atoms with Crippen molar-refractivity contribution in [3.63, 3.8) is 0 Å². The Labute approximate surface area is 94.4 Å². The van der Waals surface area contributed by atoms with Crippen molar-refractivity contribution in [1.29, 1.82) is 5.26 Å². The largest absolute Gasteiger partial charge is 0.312 e. The maximum absolute atomic E-state index is 13.5. The minimum absolute atomic E-state index is 0.775. The summed E-state index contributed by atoms with van der Waals surface area (Å²) in [5.74, 6) is -5.83. The first-order valence-electron chi connectivity index (χ1n) is 4.53. The van der Waals surface area contributed by atoms with E-state index in [1.54, 1.807) is 0 Å². The van der Waals surface area contributed by atoms with Gasteiger partial charge in [0.15, 0.2) is 11.6 Å². The number of hydrogen-bond donors (Lipinski definition) is 0. The van der Waals surface area contributed by atoms with E-state index in [0.717, 1.165) is 13.8 Å². The van der Waals surface area contributed by atoms with Gasteiger partial charge >= 0.3 is 5.69 Å². The van der Waals surface area contributed by atoms with E-state index < -0.39 is 45.1 Å². The van der Waals surface area contributed by atoms with E-state index in [1.165, 1.54) is 6.07 Å². The second kappa shape index (κ2) is 4.41. The molecule has 0 heterocycles. The van der Waals surface area contributed by atoms with Crippen molar-refractivity contribution in [2.45, 2.75) is 19.8 Å². The van der Waals surface area contributed by atoms with E-state index in [9.17, 15) is 23.3 Å². The van der Waals surface area contributed by atoms with Crippen LogP contribution in [0.2, 0.25) is 0 Å². The zero-order chi connectivity index (χ0) is 13.3. The number of nitro benzene ring substituents is 1. The number of nitriles is 1. The Kier molecular flexibility index (Phi) is 3.36. The highest BCUT2D eigenvalue weighted by Crippen LogP contribution is 2.35. The van der Waals surface area contributed by atoms with E-state index >= 15 is 0 Å². The highest BCUT2D eigenvalue weighted by atomic mass is 19.2. The van der Waals surface area contributed by atoms with Crippen LogP contribution in [0, 0.1) is 45.8 Å². The molecule has 0 aromatic heterocycles. The molecule has 7 heteroatoms. The van der Waals surface area contributed by atoms with E-state index in [0.29, 0.717) is 0 Å². The van der Waals surface area contributed by atoms with Crippen LogP contribution in [-0.4, -0.2) is 4.92 Å². The standard InChI is InChI=1S/C10H7F3N2O2/c1-4(3-14)6-9(13)7(11)5(2)8(12)10(6)15(16)17/h4H,1-2H3. The predicted octanol–water partition coefficient (Wildman–Crippen LogP) is 2.95. The Morgan fingerprint density at radius 3 is 2.24 bits per heavy atom. The molecule has 0 aliphatic rings. The summed E-state index contributed by atoms with van der Waals surface area (Å²) in [5, 5.41) is 19.2. The Morgan fingerprint density at radius 2 is 1.82 bits per heavy atom. The van der Waals surface area contributed by atoms with Crippen molar-refractivity contribution in [2.75, 3.05) is 0 Å². The third-order valence-electron chi connectivity index (χ3n) is 2.36. The molecular formula is C10H7F3N2O2. The second-order valence-electron chi connectivity index (χ2n) is 3.44. The van der Waals surface area contributed by atoms with E-state index in [-0.39, 0.29) is 0 Å². The molecule has 1 aromatic rings. The van der Waals surface area contributed by atoms with Gasteiger partial charge in [-0.3, -0.25) is 10.1 Å². The van der Waals surface area contributed by atoms with E-state index in [1.807, 2.05) is 0 Å². The zero-order valence-electron chi connectivity index (χ0n) is 8.92. The number of nitrogens with zero attached hydrogens (tertiary/aromatic N) is 2. The number of benzene rings is 1. The van der Waals surface area contributed by atoms with Crippen LogP contribution in [-0.2, 0) is 0 Å². The van der Waals surface area contributed by atoms with Crippen molar-refractivity contribution in [3.05, 3.63) is 38.7 Å². The minimum Gasteiger partial charge on any atom is -0.258 e. The fraction of sp³-hybridized carbons (Fsp3) is 0.300. The van der Waals surface area contributed by atoms with Crippen LogP contribution < -0.4 is 0 Å². The van der Waals surface area contributed by atoms with E-state index in [2.05, 4.69) is 0 Å². The van der Waals surface area contributed by atoms with Crippen LogP contribution >= 0.6 is 0 Å². The highest BCUT2D eigenvalue weighted by molar-refractivity contribution is 5.50. The average Bonchev–Trinajstić information content (AvgIpc) is 2.29. The van der Waals surface area contributed by atoms with Crippen molar-refractivity contribution in [3.8, 4) is 6.07 Å². The van der Waals surface area contributed by atoms with Gasteiger partial charge in [0.25, 0.3) is 0 Å². The van der Waals surface area contributed by atoms with Crippen LogP contribution in [0.25, 0.3) is 0 Å². The van der Waals surface area contributed by atoms with Gasteiger partial charge in [-0.05, 0) is 13.8 Å². The molecule has 1 atom stereocenters. The summed E-state index contributed by atoms with van der Waals surface area (Å²) >= 11 is 0. The molecule has 0 N–H and O–H groups in total. The Hall–Kier alpha value is -2.10. The molecule has 0 saturated carbocycles. The number of nitro groups is 1. The van der Waals surface area contributed by atoms with Gasteiger partial charge in [-0.15, -0.1) is 0 Å². The smallest absolute Gasteiger partial charge is 0.258 e. The minimum atomic E-state index is -1.55. The van der Waals surface area contributed by atoms with E-state index in [4.69, 9.17) is 5.26 Å². The molecule has 0 bridgehead atoms. The second-order valence-corrected chi connectivity index (χ2v) is 3.44. The molecule has 0 fully saturated rings. The van der Waals surface area contributed by atoms with Gasteiger partial charge in [0.2, 0.25) is 5.82 Å². The van der Waals surface area contributed by atoms with Crippen LogP contribution in [0.1, 0.15) is 24.0 Å². The molecule has 1 unspecified atom stereocenters. The summed E-state index contributed by atoms with van der Waals surface area (Å²) < 4.78 is 40.2. The average molecular weight is 244 g/mol. The van der Waals surface area contributed by atoms with Crippen LogP contribution in [0.5, 0.6) is 0 Å². The fourth-order valence-electron chi connectivity index (χ4n) is 1.42. The first-order valence-corrected chi connectivity index (χ1v) is 4.53. The van der Waals surface area contributed by atoms with Gasteiger partial charge < -0.3 is 0 Å². The summed E-state index contributed by atoms with van der Waals surface area (Å²) in [6.45, 7) is 2.02. The number of rotatable bonds is 2. The topological polar surface area (TPSA) is 66.9 Å². The molecule has 0 saturated heterocycles. The normalized spacial score (nSPS) is 12.0. The summed E-state index contributed by atoms with van der Waals surface area (Å²) in [6, 6.07) is 1.51. The van der Waals surface area contributed by atoms with Crippen LogP contribution in [0.15, 0.2) is 0 Å². The molecule has 4 nitrogen and oxygen atoms in total. The molecule has 17 heavy (non-hydrogen) atoms. The van der Waals surface area contributed by atoms with Crippen LogP contribution in [0.3, 0.4) is 0 Å². The maximum Gasteiger partial charge on any atom is 0.312 e. The van der Waals surface area contributed by atoms with Crippen molar-refractivity contribution in [1.82, 2.24) is 0 Å². The molecule has 0 aliphatic heterocycles. The summed E-state index contributed by atoms with van der Waals surface area (Å²) in [4.78, 5) is 9.49. The molecule has 0 aliphatic carbocycles. The summed E-state index contributed by atoms with van der Waals surface area (Å²) in [7, 11) is 0. The number of hydrogen-bond acceptors (Lipinski definition) is 3. The van der Waals surface area contributed by atoms with Crippen LogP contribution in [0.4, 0.5) is 18.9 Å². The maximum atomic E-state index is 13.5. The first-order chi connectivity index (χ1) is 7.82. The Morgan fingerprint density at radius 1 is 1.29 bits per heavy atom. The van der Waals surface area contributed by atoms with Crippen molar-refractivity contribution < 1.29 is 18.1 Å². The van der Waals surface area contributed by atoms with Gasteiger partial charge in [0, 0.05) is 5.56 Å². The first kappa shape index (κ1) is 13.0. The van der Waals surface area contributed by atoms with Gasteiger partial charge in [-0.1, -0.05) is 0 Å². The molecule has 0 radical (unpaired) electrons. The predicted molar refractivity (Wildman–Crippen MR) is 51.7 cm³/mol. The zero-order valence-corrected chi connectivity index (χ0v) is 8.92. The molecule has 0 spiro atoms. The lowest BCUT2D eigenvalue weighted by atomic mass is 9.97. The summed E-state index contributed by atoms with van der Waals surface area (Å²) in [6.07, 6.45) is 0. The number of halogens is 3. The van der Waals surface area contributed by atoms with Gasteiger partial charge in [0.05, 0.1) is 22.5 Å². The quantitative estimate of drug-likeness (QED) is 0.456. The highest BCUT2D eigenvalue weighted by Gasteiger charge is 2.33. The summed E-state index contributed by atoms with van der Waals surface area (Å²) in [5.41, 5.74) is -2.82. The lowest BCUT2D eigenvalue weighted by Gasteiger charge is -2.09. The van der Waals surface area contributed by atoms with Gasteiger partial charge in [0.1, 0.15) is 0 Å². The molecule has 0 amide bonds. The third kappa shape index (κ3) is 1.93. The SMILES string of the molecule is Cc1c(F)c(F)c(C(C)C#N)c([N+](=O)[O-])c1F.